The molecule has 0 aromatic heterocycles. The molecule has 1 aliphatic heterocycles. The first-order valence-corrected chi connectivity index (χ1v) is 7.97. The van der Waals surface area contributed by atoms with E-state index >= 15 is 0 Å². The number of ether oxygens (including phenoxy) is 2. The summed E-state index contributed by atoms with van der Waals surface area (Å²) < 4.78 is 11.9. The van der Waals surface area contributed by atoms with Crippen LogP contribution in [-0.4, -0.2) is 12.8 Å². The van der Waals surface area contributed by atoms with Gasteiger partial charge in [-0.1, -0.05) is 46.3 Å². The lowest BCUT2D eigenvalue weighted by molar-refractivity contribution is 0.174. The second kappa shape index (κ2) is 5.35. The highest BCUT2D eigenvalue weighted by Gasteiger charge is 2.37. The second-order valence-corrected chi connectivity index (χ2v) is 6.39. The number of rotatable bonds is 4. The maximum atomic E-state index is 5.44. The lowest BCUT2D eigenvalue weighted by Gasteiger charge is -2.08. The first-order valence-electron chi connectivity index (χ1n) is 7.17. The van der Waals surface area contributed by atoms with E-state index in [1.54, 1.807) is 0 Å². The lowest BCUT2D eigenvalue weighted by Crippen LogP contribution is -2.17. The molecule has 0 saturated heterocycles. The van der Waals surface area contributed by atoms with Crippen molar-refractivity contribution in [2.75, 3.05) is 6.79 Å². The van der Waals surface area contributed by atoms with E-state index in [0.717, 1.165) is 22.5 Å². The van der Waals surface area contributed by atoms with E-state index in [4.69, 9.17) is 9.47 Å². The van der Waals surface area contributed by atoms with Gasteiger partial charge < -0.3 is 14.8 Å². The molecule has 1 N–H and O–H groups in total. The molecular weight excluding hydrogens is 330 g/mol. The summed E-state index contributed by atoms with van der Waals surface area (Å²) in [6, 6.07) is 15.3. The van der Waals surface area contributed by atoms with Gasteiger partial charge in [-0.15, -0.1) is 0 Å². The van der Waals surface area contributed by atoms with E-state index in [-0.39, 0.29) is 0 Å². The zero-order valence-corrected chi connectivity index (χ0v) is 13.1. The Morgan fingerprint density at radius 3 is 2.67 bits per heavy atom. The maximum absolute atomic E-state index is 5.44. The van der Waals surface area contributed by atoms with E-state index in [0.29, 0.717) is 18.8 Å². The zero-order valence-electron chi connectivity index (χ0n) is 11.5. The Hall–Kier alpha value is -1.52. The molecule has 1 saturated carbocycles. The summed E-state index contributed by atoms with van der Waals surface area (Å²) in [4.78, 5) is 0. The summed E-state index contributed by atoms with van der Waals surface area (Å²) in [7, 11) is 0. The minimum Gasteiger partial charge on any atom is -0.454 e. The predicted octanol–water partition coefficient (Wildman–Crippen LogP) is 3.82. The number of fused-ring (bicyclic) bond motifs is 1. The quantitative estimate of drug-likeness (QED) is 0.913. The minimum absolute atomic E-state index is 0.317. The topological polar surface area (TPSA) is 30.5 Å². The number of benzene rings is 2. The average molecular weight is 346 g/mol. The van der Waals surface area contributed by atoms with E-state index in [1.165, 1.54) is 17.5 Å². The van der Waals surface area contributed by atoms with Crippen LogP contribution in [0.15, 0.2) is 46.9 Å². The SMILES string of the molecule is Brc1cc2c(cc1CNC1CC1c1ccccc1)OCO2. The van der Waals surface area contributed by atoms with Crippen LogP contribution in [0, 0.1) is 0 Å². The Balaban J connectivity index is 1.40. The highest BCUT2D eigenvalue weighted by atomic mass is 79.9. The van der Waals surface area contributed by atoms with Crippen LogP contribution in [0.3, 0.4) is 0 Å². The average Bonchev–Trinajstić information content (AvgIpc) is 3.16. The molecule has 1 heterocycles. The van der Waals surface area contributed by atoms with Gasteiger partial charge in [-0.3, -0.25) is 0 Å². The van der Waals surface area contributed by atoms with E-state index < -0.39 is 0 Å². The Morgan fingerprint density at radius 1 is 1.10 bits per heavy atom. The summed E-state index contributed by atoms with van der Waals surface area (Å²) in [5, 5.41) is 3.63. The summed E-state index contributed by atoms with van der Waals surface area (Å²) in [6.45, 7) is 1.16. The zero-order chi connectivity index (χ0) is 14.2. The van der Waals surface area contributed by atoms with Gasteiger partial charge in [-0.05, 0) is 29.7 Å². The molecule has 0 radical (unpaired) electrons. The van der Waals surface area contributed by atoms with Gasteiger partial charge in [0.1, 0.15) is 0 Å². The first kappa shape index (κ1) is 13.2. The van der Waals surface area contributed by atoms with E-state index in [2.05, 4.69) is 57.6 Å². The smallest absolute Gasteiger partial charge is 0.231 e. The van der Waals surface area contributed by atoms with Gasteiger partial charge in [-0.25, -0.2) is 0 Å². The van der Waals surface area contributed by atoms with Gasteiger partial charge >= 0.3 is 0 Å². The molecule has 108 valence electrons. The van der Waals surface area contributed by atoms with Gasteiger partial charge in [0, 0.05) is 23.0 Å². The van der Waals surface area contributed by atoms with Gasteiger partial charge in [-0.2, -0.15) is 0 Å². The Kier molecular flexibility index (Phi) is 3.36. The van der Waals surface area contributed by atoms with Crippen molar-refractivity contribution < 1.29 is 9.47 Å². The number of halogens is 1. The Morgan fingerprint density at radius 2 is 1.86 bits per heavy atom. The molecule has 0 amide bonds. The predicted molar refractivity (Wildman–Crippen MR) is 84.7 cm³/mol. The van der Waals surface area contributed by atoms with Crippen LogP contribution >= 0.6 is 15.9 Å². The third kappa shape index (κ3) is 2.65. The fourth-order valence-electron chi connectivity index (χ4n) is 2.83. The molecule has 3 nitrogen and oxygen atoms in total. The molecule has 2 unspecified atom stereocenters. The first-order chi connectivity index (χ1) is 10.3. The van der Waals surface area contributed by atoms with Gasteiger partial charge in [0.05, 0.1) is 0 Å². The fraction of sp³-hybridized carbons (Fsp3) is 0.294. The van der Waals surface area contributed by atoms with Gasteiger partial charge in [0.2, 0.25) is 6.79 Å². The third-order valence-corrected chi connectivity index (χ3v) is 4.85. The van der Waals surface area contributed by atoms with Crippen molar-refractivity contribution in [3.05, 3.63) is 58.1 Å². The van der Waals surface area contributed by atoms with Crippen LogP contribution in [-0.2, 0) is 6.54 Å². The molecule has 2 aromatic carbocycles. The largest absolute Gasteiger partial charge is 0.454 e. The van der Waals surface area contributed by atoms with Crippen LogP contribution in [0.4, 0.5) is 0 Å². The van der Waals surface area contributed by atoms with Crippen molar-refractivity contribution in [1.29, 1.82) is 0 Å². The van der Waals surface area contributed by atoms with E-state index in [1.807, 2.05) is 6.07 Å². The van der Waals surface area contributed by atoms with Crippen molar-refractivity contribution in [1.82, 2.24) is 5.32 Å². The van der Waals surface area contributed by atoms with Crippen molar-refractivity contribution in [2.45, 2.75) is 24.9 Å². The molecule has 2 atom stereocenters. The molecule has 4 heteroatoms. The van der Waals surface area contributed by atoms with Crippen LogP contribution < -0.4 is 14.8 Å². The summed E-state index contributed by atoms with van der Waals surface area (Å²) in [6.07, 6.45) is 1.21. The van der Waals surface area contributed by atoms with Crippen LogP contribution in [0.25, 0.3) is 0 Å². The fourth-order valence-corrected chi connectivity index (χ4v) is 3.29. The van der Waals surface area contributed by atoms with Crippen molar-refractivity contribution in [3.8, 4) is 11.5 Å². The Bertz CT molecular complexity index is 659. The Labute approximate surface area is 132 Å². The third-order valence-electron chi connectivity index (χ3n) is 4.11. The summed E-state index contributed by atoms with van der Waals surface area (Å²) in [5.41, 5.74) is 2.64. The molecule has 0 bridgehead atoms. The van der Waals surface area contributed by atoms with Gasteiger partial charge in [0.25, 0.3) is 0 Å². The summed E-state index contributed by atoms with van der Waals surface area (Å²) >= 11 is 3.60. The molecule has 0 spiro atoms. The highest BCUT2D eigenvalue weighted by molar-refractivity contribution is 9.10. The monoisotopic (exact) mass is 345 g/mol. The molecule has 2 aliphatic rings. The van der Waals surface area contributed by atoms with Gasteiger partial charge in [0.15, 0.2) is 11.5 Å². The minimum atomic E-state index is 0.317. The van der Waals surface area contributed by atoms with E-state index in [9.17, 15) is 0 Å². The molecule has 2 aromatic rings. The highest BCUT2D eigenvalue weighted by Crippen LogP contribution is 2.41. The molecule has 1 fully saturated rings. The van der Waals surface area contributed by atoms with Crippen LogP contribution in [0.2, 0.25) is 0 Å². The molecule has 4 rings (SSSR count). The number of hydrogen-bond acceptors (Lipinski definition) is 3. The second-order valence-electron chi connectivity index (χ2n) is 5.54. The van der Waals surface area contributed by atoms with Crippen molar-refractivity contribution >= 4 is 15.9 Å². The standard InChI is InChI=1S/C17H16BrNO2/c18-14-8-17-16(20-10-21-17)6-12(14)9-19-15-7-13(15)11-4-2-1-3-5-11/h1-6,8,13,15,19H,7,9-10H2. The number of nitrogens with one attached hydrogen (secondary N) is 1. The lowest BCUT2D eigenvalue weighted by atomic mass is 10.1. The van der Waals surface area contributed by atoms with Crippen LogP contribution in [0.1, 0.15) is 23.5 Å². The molecule has 21 heavy (non-hydrogen) atoms. The summed E-state index contributed by atoms with van der Waals surface area (Å²) in [5.74, 6) is 2.31. The number of hydrogen-bond donors (Lipinski definition) is 1. The van der Waals surface area contributed by atoms with Crippen molar-refractivity contribution in [3.63, 3.8) is 0 Å². The normalized spacial score (nSPS) is 22.3. The molecular formula is C17H16BrNO2. The maximum Gasteiger partial charge on any atom is 0.231 e. The van der Waals surface area contributed by atoms with Crippen molar-refractivity contribution in [2.24, 2.45) is 0 Å². The van der Waals surface area contributed by atoms with Crippen LogP contribution in [0.5, 0.6) is 11.5 Å². The molecule has 1 aliphatic carbocycles.